The first kappa shape index (κ1) is 12.2. The van der Waals surface area contributed by atoms with Crippen molar-refractivity contribution in [1.82, 2.24) is 5.09 Å². The lowest BCUT2D eigenvalue weighted by Gasteiger charge is -2.21. The molecule has 1 N–H and O–H groups in total. The highest BCUT2D eigenvalue weighted by Crippen LogP contribution is 2.39. The van der Waals surface area contributed by atoms with Gasteiger partial charge in [0.05, 0.1) is 6.10 Å². The van der Waals surface area contributed by atoms with E-state index in [4.69, 9.17) is 17.1 Å². The zero-order valence-electron chi connectivity index (χ0n) is 8.90. The fraction of sp³-hybridized carbons (Fsp3) is 1.00. The average molecular weight is 217 g/mol. The summed E-state index contributed by atoms with van der Waals surface area (Å²) in [6, 6.07) is -0.222. The van der Waals surface area contributed by atoms with Gasteiger partial charge in [-0.3, -0.25) is 4.57 Å². The standard InChI is InChI=1S/C8H17BNO3P/c1-4-7-6(5-8(9)13-7)10-14(3,11)12-2/h6-8H,4-5H2,1-3H3,(H,10,11)/t6?,7-,8-,14?/m1/s1. The molecule has 0 amide bonds. The van der Waals surface area contributed by atoms with Gasteiger partial charge in [0.25, 0.3) is 7.52 Å². The van der Waals surface area contributed by atoms with Gasteiger partial charge in [-0.25, -0.2) is 5.09 Å². The van der Waals surface area contributed by atoms with Gasteiger partial charge >= 0.3 is 0 Å². The van der Waals surface area contributed by atoms with Gasteiger partial charge in [0.15, 0.2) is 0 Å². The van der Waals surface area contributed by atoms with Crippen LogP contribution in [0.3, 0.4) is 0 Å². The first-order valence-corrected chi connectivity index (χ1v) is 6.87. The van der Waals surface area contributed by atoms with E-state index in [-0.39, 0.29) is 18.1 Å². The minimum atomic E-state index is -2.69. The molecule has 0 saturated carbocycles. The molecule has 1 fully saturated rings. The zero-order valence-corrected chi connectivity index (χ0v) is 9.79. The van der Waals surface area contributed by atoms with E-state index in [0.717, 1.165) is 6.42 Å². The molecule has 1 heterocycles. The van der Waals surface area contributed by atoms with Gasteiger partial charge < -0.3 is 9.26 Å². The number of ether oxygens (including phenoxy) is 1. The summed E-state index contributed by atoms with van der Waals surface area (Å²) in [5.74, 6) is 0. The Balaban J connectivity index is 2.55. The Morgan fingerprint density at radius 2 is 2.36 bits per heavy atom. The van der Waals surface area contributed by atoms with Crippen LogP contribution >= 0.6 is 7.52 Å². The minimum Gasteiger partial charge on any atom is -0.383 e. The quantitative estimate of drug-likeness (QED) is 0.565. The molecule has 6 heteroatoms. The maximum atomic E-state index is 11.7. The predicted octanol–water partition coefficient (Wildman–Crippen LogP) is 1.11. The maximum absolute atomic E-state index is 11.7. The van der Waals surface area contributed by atoms with Crippen LogP contribution in [0.5, 0.6) is 0 Å². The van der Waals surface area contributed by atoms with Crippen LogP contribution in [-0.4, -0.2) is 39.8 Å². The molecule has 0 aliphatic carbocycles. The van der Waals surface area contributed by atoms with Crippen molar-refractivity contribution in [3.63, 3.8) is 0 Å². The number of rotatable bonds is 4. The average Bonchev–Trinajstić information content (AvgIpc) is 2.45. The van der Waals surface area contributed by atoms with Crippen molar-refractivity contribution >= 4 is 15.4 Å². The van der Waals surface area contributed by atoms with Gasteiger partial charge in [-0.1, -0.05) is 6.92 Å². The van der Waals surface area contributed by atoms with Crippen LogP contribution in [0.25, 0.3) is 0 Å². The molecule has 14 heavy (non-hydrogen) atoms. The highest BCUT2D eigenvalue weighted by atomic mass is 31.2. The second-order valence-corrected chi connectivity index (χ2v) is 5.94. The molecule has 0 aromatic carbocycles. The largest absolute Gasteiger partial charge is 0.383 e. The number of nitrogens with one attached hydrogen (secondary N) is 1. The van der Waals surface area contributed by atoms with E-state index < -0.39 is 7.52 Å². The molecule has 0 aromatic rings. The van der Waals surface area contributed by atoms with Crippen LogP contribution in [0.4, 0.5) is 0 Å². The van der Waals surface area contributed by atoms with E-state index in [1.165, 1.54) is 7.11 Å². The molecule has 0 spiro atoms. The van der Waals surface area contributed by atoms with Gasteiger partial charge in [-0.2, -0.15) is 0 Å². The van der Waals surface area contributed by atoms with Crippen molar-refractivity contribution in [2.45, 2.75) is 37.9 Å². The molecule has 1 saturated heterocycles. The molecule has 80 valence electrons. The van der Waals surface area contributed by atoms with E-state index in [0.29, 0.717) is 6.42 Å². The smallest absolute Gasteiger partial charge is 0.266 e. The Hall–Kier alpha value is 0.175. The third kappa shape index (κ3) is 3.09. The van der Waals surface area contributed by atoms with Crippen molar-refractivity contribution < 1.29 is 13.8 Å². The van der Waals surface area contributed by atoms with Gasteiger partial charge in [-0.05, 0) is 12.8 Å². The zero-order chi connectivity index (χ0) is 10.8. The van der Waals surface area contributed by atoms with Gasteiger partial charge in [0.2, 0.25) is 0 Å². The lowest BCUT2D eigenvalue weighted by atomic mass is 9.95. The fourth-order valence-corrected chi connectivity index (χ4v) is 2.63. The van der Waals surface area contributed by atoms with Crippen molar-refractivity contribution in [3.8, 4) is 0 Å². The van der Waals surface area contributed by atoms with Crippen LogP contribution in [-0.2, 0) is 13.8 Å². The van der Waals surface area contributed by atoms with Crippen molar-refractivity contribution in [3.05, 3.63) is 0 Å². The summed E-state index contributed by atoms with van der Waals surface area (Å²) in [7, 11) is 4.41. The minimum absolute atomic E-state index is 0.0331. The molecule has 0 bridgehead atoms. The Morgan fingerprint density at radius 3 is 2.86 bits per heavy atom. The summed E-state index contributed by atoms with van der Waals surface area (Å²) >= 11 is 0. The third-order valence-corrected chi connectivity index (χ3v) is 3.93. The van der Waals surface area contributed by atoms with Crippen molar-refractivity contribution in [1.29, 1.82) is 0 Å². The molecule has 4 nitrogen and oxygen atoms in total. The lowest BCUT2D eigenvalue weighted by Crippen LogP contribution is -2.34. The first-order valence-electron chi connectivity index (χ1n) is 4.80. The van der Waals surface area contributed by atoms with E-state index in [1.54, 1.807) is 6.66 Å². The summed E-state index contributed by atoms with van der Waals surface area (Å²) in [5.41, 5.74) is 0. The highest BCUT2D eigenvalue weighted by Gasteiger charge is 2.34. The van der Waals surface area contributed by atoms with Crippen molar-refractivity contribution in [2.24, 2.45) is 0 Å². The SMILES string of the molecule is [B][C@H]1CC(NP(C)(=O)OC)[C@@H](CC)O1. The van der Waals surface area contributed by atoms with Crippen LogP contribution in [0.15, 0.2) is 0 Å². The summed E-state index contributed by atoms with van der Waals surface area (Å²) in [6.07, 6.45) is 1.57. The molecule has 1 aliphatic heterocycles. The fourth-order valence-electron chi connectivity index (χ4n) is 1.65. The summed E-state index contributed by atoms with van der Waals surface area (Å²) in [4.78, 5) is 0. The number of hydrogen-bond acceptors (Lipinski definition) is 3. The Kier molecular flexibility index (Phi) is 4.20. The Labute approximate surface area is 86.6 Å². The molecule has 2 unspecified atom stereocenters. The number of hydrogen-bond donors (Lipinski definition) is 1. The van der Waals surface area contributed by atoms with Crippen LogP contribution < -0.4 is 5.09 Å². The molecule has 1 rings (SSSR count). The van der Waals surface area contributed by atoms with Crippen LogP contribution in [0.1, 0.15) is 19.8 Å². The van der Waals surface area contributed by atoms with Crippen LogP contribution in [0, 0.1) is 0 Å². The van der Waals surface area contributed by atoms with E-state index in [9.17, 15) is 4.57 Å². The summed E-state index contributed by atoms with van der Waals surface area (Å²) in [6.45, 7) is 3.58. The summed E-state index contributed by atoms with van der Waals surface area (Å²) in [5, 5.41) is 2.96. The second-order valence-electron chi connectivity index (χ2n) is 3.62. The Morgan fingerprint density at radius 1 is 1.71 bits per heavy atom. The van der Waals surface area contributed by atoms with Crippen molar-refractivity contribution in [2.75, 3.05) is 13.8 Å². The van der Waals surface area contributed by atoms with E-state index in [1.807, 2.05) is 6.92 Å². The monoisotopic (exact) mass is 217 g/mol. The van der Waals surface area contributed by atoms with Gasteiger partial charge in [0.1, 0.15) is 7.85 Å². The molecular formula is C8H17BNO3P. The van der Waals surface area contributed by atoms with Crippen LogP contribution in [0.2, 0.25) is 0 Å². The van der Waals surface area contributed by atoms with E-state index in [2.05, 4.69) is 5.09 Å². The molecule has 4 atom stereocenters. The van der Waals surface area contributed by atoms with E-state index >= 15 is 0 Å². The lowest BCUT2D eigenvalue weighted by molar-refractivity contribution is 0.0778. The highest BCUT2D eigenvalue weighted by molar-refractivity contribution is 7.56. The second kappa shape index (κ2) is 4.80. The molecule has 0 aromatic heterocycles. The molecule has 1 aliphatic rings. The molecule has 2 radical (unpaired) electrons. The normalized spacial score (nSPS) is 36.9. The Bertz CT molecular complexity index is 239. The molecular weight excluding hydrogens is 200 g/mol. The topological polar surface area (TPSA) is 47.6 Å². The van der Waals surface area contributed by atoms with Gasteiger partial charge in [0, 0.05) is 25.8 Å². The maximum Gasteiger partial charge on any atom is 0.266 e. The van der Waals surface area contributed by atoms with Gasteiger partial charge in [-0.15, -0.1) is 0 Å². The summed E-state index contributed by atoms with van der Waals surface area (Å²) < 4.78 is 22.0. The third-order valence-electron chi connectivity index (χ3n) is 2.44. The first-order chi connectivity index (χ1) is 6.48. The predicted molar refractivity (Wildman–Crippen MR) is 56.8 cm³/mol.